The van der Waals surface area contributed by atoms with Crippen molar-refractivity contribution < 1.29 is 17.9 Å². The molecule has 1 atom stereocenters. The average Bonchev–Trinajstić information content (AvgIpc) is 3.32. The zero-order chi connectivity index (χ0) is 25.0. The molecule has 1 fully saturated rings. The van der Waals surface area contributed by atoms with E-state index in [4.69, 9.17) is 26.1 Å². The van der Waals surface area contributed by atoms with Crippen molar-refractivity contribution in [2.24, 2.45) is 4.99 Å². The lowest BCUT2D eigenvalue weighted by Gasteiger charge is -2.25. The van der Waals surface area contributed by atoms with Gasteiger partial charge in [-0.1, -0.05) is 11.6 Å². The van der Waals surface area contributed by atoms with Crippen LogP contribution >= 0.6 is 11.6 Å². The van der Waals surface area contributed by atoms with Gasteiger partial charge in [0, 0.05) is 24.5 Å². The number of aromatic nitrogens is 3. The summed E-state index contributed by atoms with van der Waals surface area (Å²) < 4.78 is 39.1. The number of hydrogen-bond donors (Lipinski definition) is 1. The Morgan fingerprint density at radius 3 is 2.63 bits per heavy atom. The molecule has 11 heteroatoms. The number of nitrogens with one attached hydrogen (secondary N) is 1. The Kier molecular flexibility index (Phi) is 6.01. The minimum Gasteiger partial charge on any atom is -0.475 e. The lowest BCUT2D eigenvalue weighted by Crippen LogP contribution is -2.19. The monoisotopic (exact) mass is 517 g/mol. The van der Waals surface area contributed by atoms with Crippen molar-refractivity contribution >= 4 is 49.9 Å². The van der Waals surface area contributed by atoms with E-state index in [0.717, 1.165) is 25.1 Å². The highest BCUT2D eigenvalue weighted by atomic mass is 35.5. The summed E-state index contributed by atoms with van der Waals surface area (Å²) in [6.07, 6.45) is 3.97. The second kappa shape index (κ2) is 8.76. The number of hydrogen-bond acceptors (Lipinski definition) is 8. The van der Waals surface area contributed by atoms with Crippen molar-refractivity contribution in [3.05, 3.63) is 40.8 Å². The van der Waals surface area contributed by atoms with E-state index in [2.05, 4.69) is 15.3 Å². The van der Waals surface area contributed by atoms with Crippen LogP contribution in [0.15, 0.2) is 34.2 Å². The first kappa shape index (κ1) is 24.0. The fourth-order valence-electron chi connectivity index (χ4n) is 4.45. The van der Waals surface area contributed by atoms with Crippen LogP contribution in [-0.4, -0.2) is 53.9 Å². The first-order valence-electron chi connectivity index (χ1n) is 11.5. The molecule has 0 aliphatic carbocycles. The summed E-state index contributed by atoms with van der Waals surface area (Å²) in [5, 5.41) is 3.51. The first-order valence-corrected chi connectivity index (χ1v) is 13.8. The maximum absolute atomic E-state index is 12.7. The molecule has 186 valence electrons. The van der Waals surface area contributed by atoms with Crippen molar-refractivity contribution in [1.29, 1.82) is 0 Å². The third-order valence-corrected chi connectivity index (χ3v) is 7.43. The van der Waals surface area contributed by atoms with Gasteiger partial charge in [-0.25, -0.2) is 23.4 Å². The van der Waals surface area contributed by atoms with E-state index in [1.165, 1.54) is 6.26 Å². The van der Waals surface area contributed by atoms with Crippen LogP contribution in [0, 0.1) is 6.92 Å². The van der Waals surface area contributed by atoms with Gasteiger partial charge in [-0.3, -0.25) is 4.57 Å². The van der Waals surface area contributed by atoms with Crippen LogP contribution in [0.4, 0.5) is 11.4 Å². The smallest absolute Gasteiger partial charge is 0.216 e. The molecule has 1 unspecified atom stereocenters. The Labute approximate surface area is 209 Å². The zero-order valence-electron chi connectivity index (χ0n) is 20.1. The molecule has 5 rings (SSSR count). The number of aryl methyl sites for hydroxylation is 1. The third kappa shape index (κ3) is 4.74. The minimum absolute atomic E-state index is 0.124. The number of ether oxygens (including phenoxy) is 2. The molecule has 0 bridgehead atoms. The number of halogens is 1. The largest absolute Gasteiger partial charge is 0.475 e. The highest BCUT2D eigenvalue weighted by molar-refractivity contribution is 7.90. The van der Waals surface area contributed by atoms with Crippen LogP contribution < -0.4 is 5.32 Å². The fraction of sp³-hybridized carbons (Fsp3) is 0.458. The summed E-state index contributed by atoms with van der Waals surface area (Å²) in [6, 6.07) is 6.72. The molecule has 3 aromatic rings. The molecule has 9 nitrogen and oxygen atoms in total. The summed E-state index contributed by atoms with van der Waals surface area (Å²) in [5.41, 5.74) is 2.40. The van der Waals surface area contributed by atoms with Gasteiger partial charge in [0.2, 0.25) is 5.90 Å². The van der Waals surface area contributed by atoms with Crippen molar-refractivity contribution in [3.8, 4) is 0 Å². The van der Waals surface area contributed by atoms with Crippen LogP contribution in [0.5, 0.6) is 0 Å². The maximum atomic E-state index is 12.7. The highest BCUT2D eigenvalue weighted by Gasteiger charge is 2.28. The zero-order valence-corrected chi connectivity index (χ0v) is 21.7. The topological polar surface area (TPSA) is 108 Å². The van der Waals surface area contributed by atoms with Gasteiger partial charge in [-0.15, -0.1) is 0 Å². The van der Waals surface area contributed by atoms with Crippen molar-refractivity contribution in [3.63, 3.8) is 0 Å². The Bertz CT molecular complexity index is 1440. The molecule has 35 heavy (non-hydrogen) atoms. The standard InChI is InChI=1S/C24H28ClN5O4S/c1-14-26-21-17(12-19(25)28-22(21)30(14)20-7-5-6-10-33-20)27-16-9-8-15(11-18(16)35(4,31)32)23-29-24(2,3)13-34-23/h8-9,11-12,20H,5-7,10,13H2,1-4H3,(H,27,28). The van der Waals surface area contributed by atoms with E-state index in [1.807, 2.05) is 25.3 Å². The molecular formula is C24H28ClN5O4S. The lowest BCUT2D eigenvalue weighted by atomic mass is 10.1. The highest BCUT2D eigenvalue weighted by Crippen LogP contribution is 2.35. The van der Waals surface area contributed by atoms with Gasteiger partial charge in [-0.2, -0.15) is 0 Å². The molecule has 0 radical (unpaired) electrons. The van der Waals surface area contributed by atoms with Gasteiger partial charge in [0.25, 0.3) is 0 Å². The molecular weight excluding hydrogens is 490 g/mol. The molecule has 1 N–H and O–H groups in total. The lowest BCUT2D eigenvalue weighted by molar-refractivity contribution is -0.0309. The van der Waals surface area contributed by atoms with Crippen LogP contribution in [0.2, 0.25) is 5.15 Å². The van der Waals surface area contributed by atoms with Crippen LogP contribution in [0.3, 0.4) is 0 Å². The number of fused-ring (bicyclic) bond motifs is 1. The van der Waals surface area contributed by atoms with E-state index in [9.17, 15) is 8.42 Å². The second-order valence-electron chi connectivity index (χ2n) is 9.64. The Morgan fingerprint density at radius 2 is 1.97 bits per heavy atom. The summed E-state index contributed by atoms with van der Waals surface area (Å²) in [7, 11) is -3.59. The van der Waals surface area contributed by atoms with Gasteiger partial charge in [0.15, 0.2) is 15.5 Å². The SMILES string of the molecule is Cc1nc2c(Nc3ccc(C4=NC(C)(C)CO4)cc3S(C)(=O)=O)cc(Cl)nc2n1C1CCCCO1. The van der Waals surface area contributed by atoms with Crippen LogP contribution in [0.25, 0.3) is 11.2 Å². The van der Waals surface area contributed by atoms with Crippen molar-refractivity contribution in [2.45, 2.75) is 56.7 Å². The van der Waals surface area contributed by atoms with Crippen LogP contribution in [-0.2, 0) is 19.3 Å². The molecule has 2 aliphatic rings. The maximum Gasteiger partial charge on any atom is 0.216 e. The van der Waals surface area contributed by atoms with Crippen molar-refractivity contribution in [2.75, 3.05) is 24.8 Å². The number of anilines is 2. The summed E-state index contributed by atoms with van der Waals surface area (Å²) in [5.74, 6) is 1.19. The van der Waals surface area contributed by atoms with E-state index in [-0.39, 0.29) is 21.8 Å². The van der Waals surface area contributed by atoms with Gasteiger partial charge >= 0.3 is 0 Å². The molecule has 4 heterocycles. The molecule has 2 aromatic heterocycles. The van der Waals surface area contributed by atoms with E-state index < -0.39 is 9.84 Å². The number of rotatable bonds is 5. The summed E-state index contributed by atoms with van der Waals surface area (Å²) in [6.45, 7) is 6.96. The molecule has 2 aliphatic heterocycles. The molecule has 1 aromatic carbocycles. The van der Waals surface area contributed by atoms with Gasteiger partial charge in [0.1, 0.15) is 29.3 Å². The normalized spacial score (nSPS) is 20.0. The number of imidazole rings is 1. The Balaban J connectivity index is 1.58. The van der Waals surface area contributed by atoms with Crippen molar-refractivity contribution in [1.82, 2.24) is 14.5 Å². The minimum atomic E-state index is -3.59. The van der Waals surface area contributed by atoms with Crippen LogP contribution in [0.1, 0.15) is 50.7 Å². The van der Waals surface area contributed by atoms with Gasteiger partial charge < -0.3 is 14.8 Å². The quantitative estimate of drug-likeness (QED) is 0.484. The average molecular weight is 518 g/mol. The Morgan fingerprint density at radius 1 is 1.17 bits per heavy atom. The number of benzene rings is 1. The fourth-order valence-corrected chi connectivity index (χ4v) is 5.50. The second-order valence-corrected chi connectivity index (χ2v) is 12.0. The predicted octanol–water partition coefficient (Wildman–Crippen LogP) is 4.79. The molecule has 0 spiro atoms. The third-order valence-electron chi connectivity index (χ3n) is 6.10. The van der Waals surface area contributed by atoms with Gasteiger partial charge in [0.05, 0.1) is 21.8 Å². The van der Waals surface area contributed by atoms with E-state index >= 15 is 0 Å². The number of nitrogens with zero attached hydrogens (tertiary/aromatic N) is 4. The molecule has 0 saturated carbocycles. The van der Waals surface area contributed by atoms with E-state index in [1.54, 1.807) is 24.3 Å². The van der Waals surface area contributed by atoms with E-state index in [0.29, 0.717) is 47.2 Å². The molecule has 0 amide bonds. The summed E-state index contributed by atoms with van der Waals surface area (Å²) >= 11 is 6.39. The number of sulfone groups is 1. The first-order chi connectivity index (χ1) is 16.5. The number of aliphatic imine (C=N–C) groups is 1. The molecule has 1 saturated heterocycles. The Hall–Kier alpha value is -2.69. The predicted molar refractivity (Wildman–Crippen MR) is 136 cm³/mol. The number of pyridine rings is 1. The van der Waals surface area contributed by atoms with Gasteiger partial charge in [-0.05, 0) is 58.2 Å². The summed E-state index contributed by atoms with van der Waals surface area (Å²) in [4.78, 5) is 13.9.